The van der Waals surface area contributed by atoms with E-state index in [0.29, 0.717) is 6.04 Å². The molecule has 1 aromatic heterocycles. The summed E-state index contributed by atoms with van der Waals surface area (Å²) in [5.74, 6) is 1.84. The van der Waals surface area contributed by atoms with Crippen LogP contribution in [0.5, 0.6) is 0 Å². The zero-order valence-corrected chi connectivity index (χ0v) is 13.2. The normalized spacial score (nSPS) is 21.7. The molecule has 0 spiro atoms. The molecule has 1 N–H and O–H groups in total. The second kappa shape index (κ2) is 6.99. The molecule has 20 heavy (non-hydrogen) atoms. The summed E-state index contributed by atoms with van der Waals surface area (Å²) >= 11 is 0. The molecule has 1 unspecified atom stereocenters. The van der Waals surface area contributed by atoms with Crippen LogP contribution < -0.4 is 5.32 Å². The Kier molecular flexibility index (Phi) is 5.31. The summed E-state index contributed by atoms with van der Waals surface area (Å²) in [6.07, 6.45) is 2.40. The van der Waals surface area contributed by atoms with E-state index < -0.39 is 0 Å². The predicted molar refractivity (Wildman–Crippen MR) is 82.9 cm³/mol. The Morgan fingerprint density at radius 1 is 1.35 bits per heavy atom. The standard InChI is InChI=1S/C15H27N5/c1-5-13-10-19(4)7-6-8-20(13)11-15-17-12(2)9-14(16-3)18-15/h9,13H,5-8,10-11H2,1-4H3,(H,16,17,18). The van der Waals surface area contributed by atoms with E-state index in [1.807, 2.05) is 20.0 Å². The van der Waals surface area contributed by atoms with Crippen LogP contribution in [0.25, 0.3) is 0 Å². The second-order valence-corrected chi connectivity index (χ2v) is 5.71. The summed E-state index contributed by atoms with van der Waals surface area (Å²) in [4.78, 5) is 14.1. The average molecular weight is 277 g/mol. The van der Waals surface area contributed by atoms with Gasteiger partial charge in [-0.1, -0.05) is 6.92 Å². The zero-order valence-electron chi connectivity index (χ0n) is 13.2. The van der Waals surface area contributed by atoms with Crippen LogP contribution >= 0.6 is 0 Å². The number of nitrogens with one attached hydrogen (secondary N) is 1. The van der Waals surface area contributed by atoms with Crippen LogP contribution in [-0.4, -0.2) is 59.5 Å². The second-order valence-electron chi connectivity index (χ2n) is 5.71. The Balaban J connectivity index is 2.12. The first-order chi connectivity index (χ1) is 9.62. The highest BCUT2D eigenvalue weighted by molar-refractivity contribution is 5.34. The van der Waals surface area contributed by atoms with Gasteiger partial charge in [-0.2, -0.15) is 0 Å². The quantitative estimate of drug-likeness (QED) is 0.908. The first-order valence-electron chi connectivity index (χ1n) is 7.57. The van der Waals surface area contributed by atoms with Gasteiger partial charge in [0.05, 0.1) is 6.54 Å². The molecule has 1 saturated heterocycles. The number of hydrogen-bond donors (Lipinski definition) is 1. The molecular formula is C15H27N5. The van der Waals surface area contributed by atoms with Gasteiger partial charge in [-0.25, -0.2) is 9.97 Å². The molecule has 0 aromatic carbocycles. The van der Waals surface area contributed by atoms with Crippen molar-refractivity contribution in [2.45, 2.75) is 39.3 Å². The lowest BCUT2D eigenvalue weighted by Crippen LogP contribution is -2.39. The van der Waals surface area contributed by atoms with E-state index in [4.69, 9.17) is 0 Å². The van der Waals surface area contributed by atoms with Gasteiger partial charge in [0.25, 0.3) is 0 Å². The fourth-order valence-corrected chi connectivity index (χ4v) is 2.90. The van der Waals surface area contributed by atoms with E-state index in [1.54, 1.807) is 0 Å². The fraction of sp³-hybridized carbons (Fsp3) is 0.733. The smallest absolute Gasteiger partial charge is 0.144 e. The third kappa shape index (κ3) is 3.90. The van der Waals surface area contributed by atoms with Crippen molar-refractivity contribution in [3.8, 4) is 0 Å². The van der Waals surface area contributed by atoms with Crippen LogP contribution in [0.2, 0.25) is 0 Å². The molecule has 0 saturated carbocycles. The Bertz CT molecular complexity index is 434. The van der Waals surface area contributed by atoms with E-state index >= 15 is 0 Å². The van der Waals surface area contributed by atoms with Crippen molar-refractivity contribution < 1.29 is 0 Å². The van der Waals surface area contributed by atoms with Gasteiger partial charge in [0.1, 0.15) is 11.6 Å². The van der Waals surface area contributed by atoms with E-state index in [0.717, 1.165) is 37.0 Å². The summed E-state index contributed by atoms with van der Waals surface area (Å²) in [6, 6.07) is 2.58. The Morgan fingerprint density at radius 3 is 2.85 bits per heavy atom. The van der Waals surface area contributed by atoms with Gasteiger partial charge in [-0.3, -0.25) is 4.90 Å². The highest BCUT2D eigenvalue weighted by Crippen LogP contribution is 2.15. The predicted octanol–water partition coefficient (Wildman–Crippen LogP) is 1.74. The van der Waals surface area contributed by atoms with Crippen LogP contribution in [0, 0.1) is 6.92 Å². The van der Waals surface area contributed by atoms with Gasteiger partial charge in [-0.15, -0.1) is 0 Å². The minimum Gasteiger partial charge on any atom is -0.373 e. The molecule has 1 atom stereocenters. The van der Waals surface area contributed by atoms with Gasteiger partial charge >= 0.3 is 0 Å². The van der Waals surface area contributed by atoms with Crippen LogP contribution in [0.15, 0.2) is 6.07 Å². The SMILES string of the molecule is CCC1CN(C)CCCN1Cc1nc(C)cc(NC)n1. The lowest BCUT2D eigenvalue weighted by Gasteiger charge is -2.29. The minimum atomic E-state index is 0.602. The highest BCUT2D eigenvalue weighted by atomic mass is 15.2. The molecule has 0 bridgehead atoms. The topological polar surface area (TPSA) is 44.3 Å². The minimum absolute atomic E-state index is 0.602. The summed E-state index contributed by atoms with van der Waals surface area (Å²) in [6.45, 7) is 8.61. The average Bonchev–Trinajstić information content (AvgIpc) is 2.59. The molecule has 2 heterocycles. The van der Waals surface area contributed by atoms with Crippen molar-refractivity contribution >= 4 is 5.82 Å². The van der Waals surface area contributed by atoms with Crippen LogP contribution in [0.1, 0.15) is 31.3 Å². The maximum Gasteiger partial charge on any atom is 0.144 e. The van der Waals surface area contributed by atoms with Crippen molar-refractivity contribution in [2.24, 2.45) is 0 Å². The van der Waals surface area contributed by atoms with E-state index in [2.05, 4.69) is 39.1 Å². The maximum absolute atomic E-state index is 4.59. The van der Waals surface area contributed by atoms with Gasteiger partial charge in [0.15, 0.2) is 0 Å². The molecule has 5 nitrogen and oxygen atoms in total. The first-order valence-corrected chi connectivity index (χ1v) is 7.57. The Labute approximate surface area is 122 Å². The third-order valence-electron chi connectivity index (χ3n) is 4.00. The van der Waals surface area contributed by atoms with Crippen LogP contribution in [0.4, 0.5) is 5.82 Å². The summed E-state index contributed by atoms with van der Waals surface area (Å²) in [5, 5.41) is 3.11. The number of aryl methyl sites for hydroxylation is 1. The van der Waals surface area contributed by atoms with Gasteiger partial charge in [0, 0.05) is 37.9 Å². The van der Waals surface area contributed by atoms with Crippen LogP contribution in [0.3, 0.4) is 0 Å². The summed E-state index contributed by atoms with van der Waals surface area (Å²) in [7, 11) is 4.12. The van der Waals surface area contributed by atoms with Crippen molar-refractivity contribution in [2.75, 3.05) is 39.0 Å². The Hall–Kier alpha value is -1.20. The number of hydrogen-bond acceptors (Lipinski definition) is 5. The largest absolute Gasteiger partial charge is 0.373 e. The molecule has 0 aliphatic carbocycles. The van der Waals surface area contributed by atoms with E-state index in [1.165, 1.54) is 19.4 Å². The Morgan fingerprint density at radius 2 is 2.15 bits per heavy atom. The summed E-state index contributed by atoms with van der Waals surface area (Å²) in [5.41, 5.74) is 1.03. The van der Waals surface area contributed by atoms with Gasteiger partial charge < -0.3 is 10.2 Å². The van der Waals surface area contributed by atoms with Crippen molar-refractivity contribution in [1.82, 2.24) is 19.8 Å². The molecule has 1 aliphatic rings. The fourth-order valence-electron chi connectivity index (χ4n) is 2.90. The van der Waals surface area contributed by atoms with E-state index in [-0.39, 0.29) is 0 Å². The van der Waals surface area contributed by atoms with Crippen molar-refractivity contribution in [3.05, 3.63) is 17.6 Å². The molecule has 112 valence electrons. The molecule has 1 aliphatic heterocycles. The number of rotatable bonds is 4. The molecule has 0 amide bonds. The van der Waals surface area contributed by atoms with Gasteiger partial charge in [0.2, 0.25) is 0 Å². The first kappa shape index (κ1) is 15.2. The lowest BCUT2D eigenvalue weighted by molar-refractivity contribution is 0.172. The molecular weight excluding hydrogens is 250 g/mol. The van der Waals surface area contributed by atoms with E-state index in [9.17, 15) is 0 Å². The summed E-state index contributed by atoms with van der Waals surface area (Å²) < 4.78 is 0. The molecule has 1 fully saturated rings. The maximum atomic E-state index is 4.59. The molecule has 2 rings (SSSR count). The van der Waals surface area contributed by atoms with Crippen molar-refractivity contribution in [3.63, 3.8) is 0 Å². The monoisotopic (exact) mass is 277 g/mol. The van der Waals surface area contributed by atoms with Crippen LogP contribution in [-0.2, 0) is 6.54 Å². The highest BCUT2D eigenvalue weighted by Gasteiger charge is 2.22. The third-order valence-corrected chi connectivity index (χ3v) is 4.00. The molecule has 0 radical (unpaired) electrons. The van der Waals surface area contributed by atoms with Crippen molar-refractivity contribution in [1.29, 1.82) is 0 Å². The lowest BCUT2D eigenvalue weighted by atomic mass is 10.2. The number of aromatic nitrogens is 2. The molecule has 5 heteroatoms. The van der Waals surface area contributed by atoms with Gasteiger partial charge in [-0.05, 0) is 33.4 Å². The number of likely N-dealkylation sites (N-methyl/N-ethyl adjacent to an activating group) is 1. The number of anilines is 1. The number of nitrogens with zero attached hydrogens (tertiary/aromatic N) is 4. The molecule has 1 aromatic rings. The zero-order chi connectivity index (χ0) is 14.5.